The Balaban J connectivity index is 1.75. The van der Waals surface area contributed by atoms with E-state index in [4.69, 9.17) is 13.9 Å². The zero-order chi connectivity index (χ0) is 19.5. The minimum Gasteiger partial charge on any atom is -0.497 e. The zero-order valence-corrected chi connectivity index (χ0v) is 15.7. The number of nitrogens with zero attached hydrogens (tertiary/aromatic N) is 2. The molecule has 0 bridgehead atoms. The van der Waals surface area contributed by atoms with Gasteiger partial charge in [-0.05, 0) is 42.0 Å². The summed E-state index contributed by atoms with van der Waals surface area (Å²) in [7, 11) is 3.17. The van der Waals surface area contributed by atoms with E-state index >= 15 is 0 Å². The lowest BCUT2D eigenvalue weighted by atomic mass is 10.00. The van der Waals surface area contributed by atoms with E-state index in [1.54, 1.807) is 32.6 Å². The van der Waals surface area contributed by atoms with E-state index in [0.717, 1.165) is 17.0 Å². The summed E-state index contributed by atoms with van der Waals surface area (Å²) in [5.74, 6) is 1.67. The molecule has 0 spiro atoms. The van der Waals surface area contributed by atoms with Crippen LogP contribution in [0, 0.1) is 0 Å². The van der Waals surface area contributed by atoms with Crippen LogP contribution in [-0.2, 0) is 0 Å². The highest BCUT2D eigenvalue weighted by Gasteiger charge is 2.35. The second-order valence-corrected chi connectivity index (χ2v) is 6.37. The molecule has 0 aliphatic carbocycles. The van der Waals surface area contributed by atoms with Gasteiger partial charge in [-0.1, -0.05) is 24.3 Å². The molecule has 4 rings (SSSR count). The Bertz CT molecular complexity index is 1010. The monoisotopic (exact) mass is 376 g/mol. The molecule has 1 aromatic heterocycles. The molecule has 28 heavy (non-hydrogen) atoms. The highest BCUT2D eigenvalue weighted by molar-refractivity contribution is 6.04. The first-order valence-electron chi connectivity index (χ1n) is 8.93. The molecule has 0 saturated carbocycles. The Morgan fingerprint density at radius 1 is 1.07 bits per heavy atom. The van der Waals surface area contributed by atoms with Crippen molar-refractivity contribution < 1.29 is 18.7 Å². The van der Waals surface area contributed by atoms with Crippen molar-refractivity contribution in [2.45, 2.75) is 12.5 Å². The number of para-hydroxylation sites is 1. The highest BCUT2D eigenvalue weighted by Crippen LogP contribution is 2.36. The van der Waals surface area contributed by atoms with Crippen LogP contribution in [0.5, 0.6) is 11.5 Å². The number of amides is 1. The number of methoxy groups -OCH3 is 2. The number of carbonyl (C=O) groups is 1. The van der Waals surface area contributed by atoms with E-state index in [0.29, 0.717) is 23.5 Å². The van der Waals surface area contributed by atoms with Crippen molar-refractivity contribution in [3.05, 3.63) is 83.8 Å². The van der Waals surface area contributed by atoms with Gasteiger partial charge in [-0.2, -0.15) is 5.10 Å². The number of hydrogen-bond acceptors (Lipinski definition) is 5. The number of ether oxygens (including phenoxy) is 2. The fraction of sp³-hybridized carbons (Fsp3) is 0.182. The third kappa shape index (κ3) is 3.24. The molecule has 142 valence electrons. The van der Waals surface area contributed by atoms with Crippen molar-refractivity contribution in [1.82, 2.24) is 5.01 Å². The topological polar surface area (TPSA) is 64.3 Å². The molecule has 0 unspecified atom stereocenters. The number of hydrazone groups is 1. The lowest BCUT2D eigenvalue weighted by Crippen LogP contribution is -2.27. The molecular formula is C22H20N2O4. The number of benzene rings is 2. The third-order valence-corrected chi connectivity index (χ3v) is 4.74. The predicted octanol–water partition coefficient (Wildman–Crippen LogP) is 4.29. The molecule has 0 N–H and O–H groups in total. The first-order chi connectivity index (χ1) is 13.7. The van der Waals surface area contributed by atoms with Gasteiger partial charge in [0.15, 0.2) is 0 Å². The van der Waals surface area contributed by atoms with Crippen molar-refractivity contribution >= 4 is 11.6 Å². The van der Waals surface area contributed by atoms with Crippen molar-refractivity contribution in [1.29, 1.82) is 0 Å². The van der Waals surface area contributed by atoms with Crippen molar-refractivity contribution in [2.75, 3.05) is 14.2 Å². The molecule has 0 radical (unpaired) electrons. The van der Waals surface area contributed by atoms with Crippen LogP contribution in [-0.4, -0.2) is 30.8 Å². The number of carbonyl (C=O) groups excluding carboxylic acids is 1. The SMILES string of the molecule is COc1cccc([C@@H]2CC(c3ccco3)=NN2C(=O)c2ccccc2OC)c1. The first kappa shape index (κ1) is 17.9. The highest BCUT2D eigenvalue weighted by atomic mass is 16.5. The van der Waals surface area contributed by atoms with Gasteiger partial charge in [-0.15, -0.1) is 0 Å². The quantitative estimate of drug-likeness (QED) is 0.666. The van der Waals surface area contributed by atoms with Crippen LogP contribution >= 0.6 is 0 Å². The van der Waals surface area contributed by atoms with Gasteiger partial charge in [0, 0.05) is 6.42 Å². The maximum absolute atomic E-state index is 13.4. The van der Waals surface area contributed by atoms with Gasteiger partial charge in [0.25, 0.3) is 5.91 Å². The molecule has 6 nitrogen and oxygen atoms in total. The lowest BCUT2D eigenvalue weighted by Gasteiger charge is -2.23. The van der Waals surface area contributed by atoms with Crippen LogP contribution in [0.1, 0.15) is 34.1 Å². The molecule has 6 heteroatoms. The maximum Gasteiger partial charge on any atom is 0.278 e. The predicted molar refractivity (Wildman–Crippen MR) is 105 cm³/mol. The van der Waals surface area contributed by atoms with E-state index in [1.165, 1.54) is 5.01 Å². The van der Waals surface area contributed by atoms with Crippen LogP contribution < -0.4 is 9.47 Å². The van der Waals surface area contributed by atoms with Crippen molar-refractivity contribution in [2.24, 2.45) is 5.10 Å². The molecule has 2 aromatic carbocycles. The van der Waals surface area contributed by atoms with E-state index in [1.807, 2.05) is 48.5 Å². The normalized spacial score (nSPS) is 16.0. The molecule has 0 saturated heterocycles. The Kier molecular flexibility index (Phi) is 4.85. The van der Waals surface area contributed by atoms with Crippen LogP contribution in [0.2, 0.25) is 0 Å². The molecule has 2 heterocycles. The second-order valence-electron chi connectivity index (χ2n) is 6.37. The minimum atomic E-state index is -0.271. The van der Waals surface area contributed by atoms with E-state index in [-0.39, 0.29) is 11.9 Å². The summed E-state index contributed by atoms with van der Waals surface area (Å²) < 4.78 is 16.2. The third-order valence-electron chi connectivity index (χ3n) is 4.74. The van der Waals surface area contributed by atoms with Crippen molar-refractivity contribution in [3.8, 4) is 11.5 Å². The zero-order valence-electron chi connectivity index (χ0n) is 15.7. The number of furan rings is 1. The van der Waals surface area contributed by atoms with Gasteiger partial charge in [-0.3, -0.25) is 4.79 Å². The molecule has 1 aliphatic rings. The minimum absolute atomic E-state index is 0.230. The summed E-state index contributed by atoms with van der Waals surface area (Å²) >= 11 is 0. The van der Waals surface area contributed by atoms with Gasteiger partial charge < -0.3 is 13.9 Å². The summed E-state index contributed by atoms with van der Waals surface area (Å²) in [4.78, 5) is 13.4. The van der Waals surface area contributed by atoms with E-state index in [2.05, 4.69) is 5.10 Å². The molecule has 1 aliphatic heterocycles. The largest absolute Gasteiger partial charge is 0.497 e. The molecule has 0 fully saturated rings. The Morgan fingerprint density at radius 2 is 1.93 bits per heavy atom. The number of rotatable bonds is 5. The van der Waals surface area contributed by atoms with Crippen LogP contribution in [0.15, 0.2) is 76.4 Å². The van der Waals surface area contributed by atoms with Crippen LogP contribution in [0.3, 0.4) is 0 Å². The summed E-state index contributed by atoms with van der Waals surface area (Å²) in [6.07, 6.45) is 2.14. The number of hydrogen-bond donors (Lipinski definition) is 0. The summed E-state index contributed by atoms with van der Waals surface area (Å²) in [6, 6.07) is 18.2. The van der Waals surface area contributed by atoms with Gasteiger partial charge in [0.1, 0.15) is 23.0 Å². The van der Waals surface area contributed by atoms with Gasteiger partial charge in [0.2, 0.25) is 0 Å². The van der Waals surface area contributed by atoms with E-state index < -0.39 is 0 Å². The Labute approximate surface area is 163 Å². The Morgan fingerprint density at radius 3 is 2.68 bits per heavy atom. The summed E-state index contributed by atoms with van der Waals surface area (Å²) in [5, 5.41) is 6.11. The van der Waals surface area contributed by atoms with Gasteiger partial charge in [0.05, 0.1) is 32.1 Å². The van der Waals surface area contributed by atoms with Gasteiger partial charge in [-0.25, -0.2) is 5.01 Å². The molecule has 3 aromatic rings. The summed E-state index contributed by atoms with van der Waals surface area (Å²) in [5.41, 5.74) is 2.12. The fourth-order valence-electron chi connectivity index (χ4n) is 3.34. The van der Waals surface area contributed by atoms with E-state index in [9.17, 15) is 4.79 Å². The van der Waals surface area contributed by atoms with Crippen molar-refractivity contribution in [3.63, 3.8) is 0 Å². The van der Waals surface area contributed by atoms with Gasteiger partial charge >= 0.3 is 0 Å². The fourth-order valence-corrected chi connectivity index (χ4v) is 3.34. The standard InChI is InChI=1S/C22H20N2O4/c1-26-16-8-5-7-15(13-16)19-14-18(21-11-6-12-28-21)23-24(19)22(25)17-9-3-4-10-20(17)27-2/h3-13,19H,14H2,1-2H3/t19-/m0/s1. The smallest absolute Gasteiger partial charge is 0.278 e. The first-order valence-corrected chi connectivity index (χ1v) is 8.93. The summed E-state index contributed by atoms with van der Waals surface area (Å²) in [6.45, 7) is 0. The van der Waals surface area contributed by atoms with Crippen LogP contribution in [0.25, 0.3) is 0 Å². The molecular weight excluding hydrogens is 356 g/mol. The maximum atomic E-state index is 13.4. The average molecular weight is 376 g/mol. The lowest BCUT2D eigenvalue weighted by molar-refractivity contribution is 0.0707. The van der Waals surface area contributed by atoms with Crippen LogP contribution in [0.4, 0.5) is 0 Å². The Hall–Kier alpha value is -3.54. The molecule has 1 amide bonds. The second kappa shape index (κ2) is 7.60. The average Bonchev–Trinajstić information content (AvgIpc) is 3.43. The molecule has 1 atom stereocenters.